The van der Waals surface area contributed by atoms with E-state index in [0.717, 1.165) is 17.9 Å². The lowest BCUT2D eigenvalue weighted by Gasteiger charge is -2.05. The highest BCUT2D eigenvalue weighted by Gasteiger charge is 2.11. The van der Waals surface area contributed by atoms with E-state index in [1.54, 1.807) is 18.3 Å². The summed E-state index contributed by atoms with van der Waals surface area (Å²) >= 11 is 5.95. The third-order valence-corrected chi connectivity index (χ3v) is 3.37. The standard InChI is InChI=1S/C14H15ClN2O/c1-3-17-7-6-16-14(17)9-13(18)11-4-5-12(15)10(2)8-11/h4-8H,3,9H2,1-2H3. The number of halogens is 1. The first-order valence-corrected chi connectivity index (χ1v) is 6.29. The van der Waals surface area contributed by atoms with Crippen molar-refractivity contribution in [3.63, 3.8) is 0 Å². The molecule has 1 heterocycles. The number of carbonyl (C=O) groups excluding carboxylic acids is 1. The maximum atomic E-state index is 12.1. The molecule has 0 fully saturated rings. The summed E-state index contributed by atoms with van der Waals surface area (Å²) in [6.45, 7) is 4.75. The monoisotopic (exact) mass is 262 g/mol. The second-order valence-electron chi connectivity index (χ2n) is 4.19. The van der Waals surface area contributed by atoms with Crippen LogP contribution in [0.15, 0.2) is 30.6 Å². The molecule has 0 aliphatic heterocycles. The van der Waals surface area contributed by atoms with Crippen LogP contribution in [0.4, 0.5) is 0 Å². The van der Waals surface area contributed by atoms with Gasteiger partial charge < -0.3 is 4.57 Å². The van der Waals surface area contributed by atoms with Crippen molar-refractivity contribution in [2.24, 2.45) is 0 Å². The van der Waals surface area contributed by atoms with Gasteiger partial charge >= 0.3 is 0 Å². The van der Waals surface area contributed by atoms with E-state index in [4.69, 9.17) is 11.6 Å². The molecule has 0 bridgehead atoms. The summed E-state index contributed by atoms with van der Waals surface area (Å²) in [5.74, 6) is 0.866. The Bertz CT molecular complexity index is 575. The Morgan fingerprint density at radius 3 is 2.89 bits per heavy atom. The molecule has 0 atom stereocenters. The van der Waals surface area contributed by atoms with E-state index in [0.29, 0.717) is 17.0 Å². The van der Waals surface area contributed by atoms with Crippen molar-refractivity contribution in [2.45, 2.75) is 26.8 Å². The second kappa shape index (κ2) is 5.36. The summed E-state index contributed by atoms with van der Waals surface area (Å²) in [6.07, 6.45) is 3.93. The molecule has 3 nitrogen and oxygen atoms in total. The van der Waals surface area contributed by atoms with E-state index >= 15 is 0 Å². The van der Waals surface area contributed by atoms with Crippen molar-refractivity contribution in [3.8, 4) is 0 Å². The van der Waals surface area contributed by atoms with Gasteiger partial charge in [0.2, 0.25) is 0 Å². The van der Waals surface area contributed by atoms with Gasteiger partial charge in [-0.1, -0.05) is 11.6 Å². The van der Waals surface area contributed by atoms with Crippen LogP contribution >= 0.6 is 11.6 Å². The van der Waals surface area contributed by atoms with Gasteiger partial charge in [-0.2, -0.15) is 0 Å². The van der Waals surface area contributed by atoms with E-state index in [1.165, 1.54) is 0 Å². The molecule has 0 spiro atoms. The van der Waals surface area contributed by atoms with Gasteiger partial charge in [0, 0.05) is 29.5 Å². The Morgan fingerprint density at radius 1 is 1.44 bits per heavy atom. The van der Waals surface area contributed by atoms with E-state index in [9.17, 15) is 4.79 Å². The molecular weight excluding hydrogens is 248 g/mol. The molecule has 18 heavy (non-hydrogen) atoms. The highest BCUT2D eigenvalue weighted by atomic mass is 35.5. The number of imidazole rings is 1. The number of ketones is 1. The largest absolute Gasteiger partial charge is 0.335 e. The molecule has 4 heteroatoms. The van der Waals surface area contributed by atoms with Crippen molar-refractivity contribution in [1.29, 1.82) is 0 Å². The molecule has 0 aliphatic rings. The van der Waals surface area contributed by atoms with Crippen molar-refractivity contribution >= 4 is 17.4 Å². The SMILES string of the molecule is CCn1ccnc1CC(=O)c1ccc(Cl)c(C)c1. The van der Waals surface area contributed by atoms with Crippen LogP contribution in [0.5, 0.6) is 0 Å². The first-order valence-electron chi connectivity index (χ1n) is 5.91. The Balaban J connectivity index is 2.19. The molecule has 1 aromatic heterocycles. The van der Waals surface area contributed by atoms with Crippen molar-refractivity contribution in [3.05, 3.63) is 52.6 Å². The zero-order chi connectivity index (χ0) is 13.1. The summed E-state index contributed by atoms with van der Waals surface area (Å²) in [5.41, 5.74) is 1.60. The maximum absolute atomic E-state index is 12.1. The number of hydrogen-bond acceptors (Lipinski definition) is 2. The summed E-state index contributed by atoms with van der Waals surface area (Å²) in [5, 5.41) is 0.682. The number of aryl methyl sites for hydroxylation is 2. The number of Topliss-reactive ketones (excluding diaryl/α,β-unsaturated/α-hetero) is 1. The quantitative estimate of drug-likeness (QED) is 0.793. The minimum Gasteiger partial charge on any atom is -0.335 e. The third-order valence-electron chi connectivity index (χ3n) is 2.94. The van der Waals surface area contributed by atoms with Crippen molar-refractivity contribution in [2.75, 3.05) is 0 Å². The zero-order valence-corrected chi connectivity index (χ0v) is 11.2. The average Bonchev–Trinajstić information content (AvgIpc) is 2.79. The summed E-state index contributed by atoms with van der Waals surface area (Å²) in [4.78, 5) is 16.4. The van der Waals surface area contributed by atoms with E-state index in [-0.39, 0.29) is 5.78 Å². The predicted molar refractivity (Wildman–Crippen MR) is 72.1 cm³/mol. The zero-order valence-electron chi connectivity index (χ0n) is 10.5. The van der Waals surface area contributed by atoms with Gasteiger partial charge in [-0.05, 0) is 37.6 Å². The molecule has 0 radical (unpaired) electrons. The number of nitrogens with zero attached hydrogens (tertiary/aromatic N) is 2. The summed E-state index contributed by atoms with van der Waals surface area (Å²) in [6, 6.07) is 5.34. The number of benzene rings is 1. The molecule has 0 saturated heterocycles. The molecule has 0 N–H and O–H groups in total. The van der Waals surface area contributed by atoms with Crippen LogP contribution in [0.25, 0.3) is 0 Å². The lowest BCUT2D eigenvalue weighted by molar-refractivity contribution is 0.0989. The van der Waals surface area contributed by atoms with E-state index < -0.39 is 0 Å². The van der Waals surface area contributed by atoms with Crippen LogP contribution in [0.3, 0.4) is 0 Å². The minimum absolute atomic E-state index is 0.0654. The Morgan fingerprint density at radius 2 is 2.22 bits per heavy atom. The van der Waals surface area contributed by atoms with Gasteiger partial charge in [-0.15, -0.1) is 0 Å². The van der Waals surface area contributed by atoms with E-state index in [1.807, 2.05) is 30.7 Å². The summed E-state index contributed by atoms with van der Waals surface area (Å²) < 4.78 is 1.97. The van der Waals surface area contributed by atoms with Gasteiger partial charge in [-0.25, -0.2) is 4.98 Å². The summed E-state index contributed by atoms with van der Waals surface area (Å²) in [7, 11) is 0. The van der Waals surface area contributed by atoms with Gasteiger partial charge in [0.05, 0.1) is 6.42 Å². The molecule has 94 valence electrons. The van der Waals surface area contributed by atoms with Crippen LogP contribution in [-0.2, 0) is 13.0 Å². The van der Waals surface area contributed by atoms with Gasteiger partial charge in [0.1, 0.15) is 5.82 Å². The van der Waals surface area contributed by atoms with Crippen LogP contribution in [-0.4, -0.2) is 15.3 Å². The molecular formula is C14H15ClN2O. The predicted octanol–water partition coefficient (Wildman–Crippen LogP) is 3.29. The molecule has 0 amide bonds. The molecule has 2 rings (SSSR count). The first kappa shape index (κ1) is 12.8. The molecule has 0 saturated carbocycles. The van der Waals surface area contributed by atoms with E-state index in [2.05, 4.69) is 4.98 Å². The maximum Gasteiger partial charge on any atom is 0.170 e. The highest BCUT2D eigenvalue weighted by molar-refractivity contribution is 6.31. The Kier molecular flexibility index (Phi) is 3.82. The minimum atomic E-state index is 0.0654. The van der Waals surface area contributed by atoms with Crippen LogP contribution in [0.2, 0.25) is 5.02 Å². The fraction of sp³-hybridized carbons (Fsp3) is 0.286. The van der Waals surface area contributed by atoms with Crippen LogP contribution in [0.1, 0.15) is 28.7 Å². The van der Waals surface area contributed by atoms with Crippen molar-refractivity contribution in [1.82, 2.24) is 9.55 Å². The lowest BCUT2D eigenvalue weighted by Crippen LogP contribution is -2.09. The third kappa shape index (κ3) is 2.62. The lowest BCUT2D eigenvalue weighted by atomic mass is 10.1. The number of hydrogen-bond donors (Lipinski definition) is 0. The van der Waals surface area contributed by atoms with Gasteiger partial charge in [0.15, 0.2) is 5.78 Å². The van der Waals surface area contributed by atoms with Gasteiger partial charge in [-0.3, -0.25) is 4.79 Å². The molecule has 2 aromatic rings. The number of rotatable bonds is 4. The Hall–Kier alpha value is -1.61. The smallest absolute Gasteiger partial charge is 0.170 e. The van der Waals surface area contributed by atoms with Gasteiger partial charge in [0.25, 0.3) is 0 Å². The van der Waals surface area contributed by atoms with Crippen molar-refractivity contribution < 1.29 is 4.79 Å². The Labute approximate surface area is 111 Å². The highest BCUT2D eigenvalue weighted by Crippen LogP contribution is 2.17. The topological polar surface area (TPSA) is 34.9 Å². The fourth-order valence-electron chi connectivity index (χ4n) is 1.86. The second-order valence-corrected chi connectivity index (χ2v) is 4.60. The molecule has 0 unspecified atom stereocenters. The number of aromatic nitrogens is 2. The normalized spacial score (nSPS) is 10.6. The fourth-order valence-corrected chi connectivity index (χ4v) is 1.98. The molecule has 0 aliphatic carbocycles. The van der Waals surface area contributed by atoms with Crippen LogP contribution < -0.4 is 0 Å². The first-order chi connectivity index (χ1) is 8.61. The number of carbonyl (C=O) groups is 1. The molecule has 1 aromatic carbocycles. The van der Waals surface area contributed by atoms with Crippen LogP contribution in [0, 0.1) is 6.92 Å². The average molecular weight is 263 g/mol.